The van der Waals surface area contributed by atoms with Crippen LogP contribution in [0.1, 0.15) is 107 Å². The summed E-state index contributed by atoms with van der Waals surface area (Å²) in [6.45, 7) is 19.0. The fourth-order valence-corrected chi connectivity index (χ4v) is 10.5. The second-order valence-corrected chi connectivity index (χ2v) is 15.5. The molecule has 33 heavy (non-hydrogen) atoms. The van der Waals surface area contributed by atoms with Gasteiger partial charge in [0.25, 0.3) is 0 Å². The molecular weight excluding hydrogens is 408 g/mol. The highest BCUT2D eigenvalue weighted by atomic mass is 16.3. The van der Waals surface area contributed by atoms with E-state index in [1.54, 1.807) is 5.57 Å². The van der Waals surface area contributed by atoms with E-state index < -0.39 is 23.7 Å². The van der Waals surface area contributed by atoms with Crippen LogP contribution < -0.4 is 0 Å². The Hall–Kier alpha value is -0.380. The van der Waals surface area contributed by atoms with E-state index in [4.69, 9.17) is 0 Å². The Morgan fingerprint density at radius 2 is 1.42 bits per heavy atom. The maximum atomic E-state index is 11.9. The number of hydrogen-bond acceptors (Lipinski definition) is 3. The van der Waals surface area contributed by atoms with Crippen molar-refractivity contribution in [3.8, 4) is 0 Å². The second-order valence-electron chi connectivity index (χ2n) is 15.5. The van der Waals surface area contributed by atoms with Gasteiger partial charge in [0, 0.05) is 17.8 Å². The van der Waals surface area contributed by atoms with Crippen LogP contribution in [0.4, 0.5) is 0 Å². The molecule has 10 atom stereocenters. The van der Waals surface area contributed by atoms with E-state index >= 15 is 0 Å². The highest BCUT2D eigenvalue weighted by Crippen LogP contribution is 2.75. The van der Waals surface area contributed by atoms with Crippen molar-refractivity contribution in [1.82, 2.24) is 0 Å². The smallest absolute Gasteiger partial charge is 0.0763 e. The maximum Gasteiger partial charge on any atom is 0.0763 e. The molecule has 4 fully saturated rings. The van der Waals surface area contributed by atoms with Gasteiger partial charge in [0.05, 0.1) is 18.3 Å². The van der Waals surface area contributed by atoms with E-state index in [9.17, 15) is 15.3 Å². The van der Waals surface area contributed by atoms with Gasteiger partial charge in [0.2, 0.25) is 0 Å². The molecule has 3 heteroatoms. The van der Waals surface area contributed by atoms with Gasteiger partial charge in [-0.25, -0.2) is 0 Å². The largest absolute Gasteiger partial charge is 0.392 e. The van der Waals surface area contributed by atoms with E-state index in [2.05, 4.69) is 61.5 Å². The summed E-state index contributed by atoms with van der Waals surface area (Å²) in [5.74, 6) is 0.769. The minimum atomic E-state index is -0.578. The first-order chi connectivity index (χ1) is 15.0. The molecule has 5 rings (SSSR count). The maximum absolute atomic E-state index is 11.9. The zero-order valence-corrected chi connectivity index (χ0v) is 22.5. The van der Waals surface area contributed by atoms with Crippen molar-refractivity contribution >= 4 is 0 Å². The Kier molecular flexibility index (Phi) is 5.07. The summed E-state index contributed by atoms with van der Waals surface area (Å²) >= 11 is 0. The molecule has 0 bridgehead atoms. The summed E-state index contributed by atoms with van der Waals surface area (Å²) in [5, 5.41) is 34.4. The van der Waals surface area contributed by atoms with Crippen molar-refractivity contribution in [2.24, 2.45) is 50.2 Å². The lowest BCUT2D eigenvalue weighted by molar-refractivity contribution is -0.260. The SMILES string of the molecule is CC1(C)CC[C@]2(C)CC[C@]3(C)C(=C[C@@H](O)[C@H]4[C@@]5(C)[C@H](O)C[C@H](O)C(C)(C)[C@H]5CC[C@]43C)[C@@H]2C1. The first-order valence-electron chi connectivity index (χ1n) is 13.8. The normalized spacial score (nSPS) is 57.1. The third kappa shape index (κ3) is 2.91. The van der Waals surface area contributed by atoms with Crippen molar-refractivity contribution in [3.63, 3.8) is 0 Å². The molecular formula is C30H50O3. The van der Waals surface area contributed by atoms with Crippen LogP contribution in [0.25, 0.3) is 0 Å². The molecule has 3 nitrogen and oxygen atoms in total. The van der Waals surface area contributed by atoms with Crippen LogP contribution in [0.15, 0.2) is 11.6 Å². The molecule has 0 spiro atoms. The molecule has 0 amide bonds. The van der Waals surface area contributed by atoms with Gasteiger partial charge in [-0.3, -0.25) is 0 Å². The van der Waals surface area contributed by atoms with E-state index in [1.165, 1.54) is 32.1 Å². The highest BCUT2D eigenvalue weighted by Gasteiger charge is 2.71. The van der Waals surface area contributed by atoms with Gasteiger partial charge in [-0.2, -0.15) is 0 Å². The zero-order valence-electron chi connectivity index (χ0n) is 22.5. The molecule has 0 radical (unpaired) electrons. The van der Waals surface area contributed by atoms with Gasteiger partial charge < -0.3 is 15.3 Å². The van der Waals surface area contributed by atoms with Crippen LogP contribution in [0.5, 0.6) is 0 Å². The van der Waals surface area contributed by atoms with E-state index in [-0.39, 0.29) is 28.1 Å². The Morgan fingerprint density at radius 1 is 0.788 bits per heavy atom. The van der Waals surface area contributed by atoms with Crippen LogP contribution in [0.2, 0.25) is 0 Å². The Balaban J connectivity index is 1.64. The number of allylic oxidation sites excluding steroid dienone is 1. The minimum Gasteiger partial charge on any atom is -0.392 e. The Labute approximate surface area is 202 Å². The van der Waals surface area contributed by atoms with Gasteiger partial charge in [0.15, 0.2) is 0 Å². The van der Waals surface area contributed by atoms with Crippen LogP contribution in [-0.2, 0) is 0 Å². The number of aliphatic hydroxyl groups excluding tert-OH is 3. The van der Waals surface area contributed by atoms with Gasteiger partial charge in [-0.1, -0.05) is 67.0 Å². The molecule has 0 aliphatic heterocycles. The molecule has 0 aromatic rings. The van der Waals surface area contributed by atoms with Crippen LogP contribution in [-0.4, -0.2) is 33.6 Å². The van der Waals surface area contributed by atoms with Gasteiger partial charge in [-0.15, -0.1) is 0 Å². The van der Waals surface area contributed by atoms with Crippen molar-refractivity contribution in [1.29, 1.82) is 0 Å². The molecule has 5 aliphatic rings. The summed E-state index contributed by atoms with van der Waals surface area (Å²) in [6, 6.07) is 0. The Morgan fingerprint density at radius 3 is 2.09 bits per heavy atom. The molecule has 0 heterocycles. The summed E-state index contributed by atoms with van der Waals surface area (Å²) in [6.07, 6.45) is 9.47. The van der Waals surface area contributed by atoms with Crippen LogP contribution in [0.3, 0.4) is 0 Å². The highest BCUT2D eigenvalue weighted by molar-refractivity contribution is 5.35. The van der Waals surface area contributed by atoms with Gasteiger partial charge in [-0.05, 0) is 83.9 Å². The predicted molar refractivity (Wildman–Crippen MR) is 133 cm³/mol. The zero-order chi connectivity index (χ0) is 24.4. The fraction of sp³-hybridized carbons (Fsp3) is 0.933. The average molecular weight is 459 g/mol. The second kappa shape index (κ2) is 6.88. The van der Waals surface area contributed by atoms with Crippen LogP contribution >= 0.6 is 0 Å². The molecule has 4 saturated carbocycles. The molecule has 188 valence electrons. The van der Waals surface area contributed by atoms with Gasteiger partial charge >= 0.3 is 0 Å². The van der Waals surface area contributed by atoms with Crippen molar-refractivity contribution < 1.29 is 15.3 Å². The van der Waals surface area contributed by atoms with Crippen molar-refractivity contribution in [2.45, 2.75) is 125 Å². The number of rotatable bonds is 0. The quantitative estimate of drug-likeness (QED) is 0.384. The summed E-state index contributed by atoms with van der Waals surface area (Å²) in [5.41, 5.74) is 1.61. The van der Waals surface area contributed by atoms with Gasteiger partial charge in [0.1, 0.15) is 0 Å². The summed E-state index contributed by atoms with van der Waals surface area (Å²) < 4.78 is 0. The Bertz CT molecular complexity index is 859. The van der Waals surface area contributed by atoms with E-state index in [0.29, 0.717) is 23.2 Å². The third-order valence-electron chi connectivity index (χ3n) is 13.1. The lowest BCUT2D eigenvalue weighted by Gasteiger charge is -2.72. The lowest BCUT2D eigenvalue weighted by atomic mass is 9.33. The number of aliphatic hydroxyl groups is 3. The standard InChI is InChI=1S/C30H50O3/c1-25(2)11-12-27(5)13-14-28(6)18(19(27)17-25)15-20(31)24-29(28,7)10-9-21-26(3,4)22(32)16-23(33)30(21,24)8/h15,19-24,31-33H,9-14,16-17H2,1-8H3/t19-,20+,21+,22-,23+,24+,27+,28+,29+,30+/m0/s1. The van der Waals surface area contributed by atoms with Crippen LogP contribution in [0, 0.1) is 50.2 Å². The summed E-state index contributed by atoms with van der Waals surface area (Å²) in [7, 11) is 0. The minimum absolute atomic E-state index is 0.0141. The lowest BCUT2D eigenvalue weighted by Crippen LogP contribution is -2.70. The van der Waals surface area contributed by atoms with E-state index in [0.717, 1.165) is 12.8 Å². The van der Waals surface area contributed by atoms with Crippen molar-refractivity contribution in [2.75, 3.05) is 0 Å². The average Bonchev–Trinajstić information content (AvgIpc) is 2.69. The molecule has 0 unspecified atom stereocenters. The summed E-state index contributed by atoms with van der Waals surface area (Å²) in [4.78, 5) is 0. The number of fused-ring (bicyclic) bond motifs is 7. The molecule has 0 aromatic carbocycles. The molecule has 0 saturated heterocycles. The predicted octanol–water partition coefficient (Wildman–Crippen LogP) is 6.11. The molecule has 0 aromatic heterocycles. The molecule has 3 N–H and O–H groups in total. The number of hydrogen-bond donors (Lipinski definition) is 3. The fourth-order valence-electron chi connectivity index (χ4n) is 10.5. The topological polar surface area (TPSA) is 60.7 Å². The first-order valence-corrected chi connectivity index (χ1v) is 13.8. The monoisotopic (exact) mass is 458 g/mol. The van der Waals surface area contributed by atoms with Crippen molar-refractivity contribution in [3.05, 3.63) is 11.6 Å². The third-order valence-corrected chi connectivity index (χ3v) is 13.1. The van der Waals surface area contributed by atoms with E-state index in [1.807, 2.05) is 0 Å². The molecule has 5 aliphatic carbocycles. The first kappa shape index (κ1) is 24.3.